The van der Waals surface area contributed by atoms with E-state index < -0.39 is 5.91 Å². The SMILES string of the molecule is [CH2]C(=O)Nc1nccc(O)n1. The monoisotopic (exact) mass is 152 g/mol. The van der Waals surface area contributed by atoms with Crippen LogP contribution >= 0.6 is 0 Å². The van der Waals surface area contributed by atoms with Gasteiger partial charge in [-0.05, 0) is 0 Å². The van der Waals surface area contributed by atoms with Gasteiger partial charge in [0, 0.05) is 19.2 Å². The second-order valence-corrected chi connectivity index (χ2v) is 1.79. The molecule has 1 heterocycles. The smallest absolute Gasteiger partial charge is 0.232 e. The van der Waals surface area contributed by atoms with E-state index in [1.165, 1.54) is 12.3 Å². The first-order chi connectivity index (χ1) is 5.18. The topological polar surface area (TPSA) is 75.1 Å². The maximum absolute atomic E-state index is 10.3. The fraction of sp³-hybridized carbons (Fsp3) is 0. The van der Waals surface area contributed by atoms with Gasteiger partial charge in [-0.1, -0.05) is 0 Å². The van der Waals surface area contributed by atoms with E-state index >= 15 is 0 Å². The summed E-state index contributed by atoms with van der Waals surface area (Å²) in [6.07, 6.45) is 1.33. The van der Waals surface area contributed by atoms with Gasteiger partial charge in [0.2, 0.25) is 17.7 Å². The molecule has 5 nitrogen and oxygen atoms in total. The third-order valence-electron chi connectivity index (χ3n) is 0.892. The van der Waals surface area contributed by atoms with Crippen molar-refractivity contribution in [2.45, 2.75) is 0 Å². The number of nitrogens with one attached hydrogen (secondary N) is 1. The van der Waals surface area contributed by atoms with E-state index in [4.69, 9.17) is 5.11 Å². The molecule has 0 spiro atoms. The van der Waals surface area contributed by atoms with Crippen LogP contribution in [0.3, 0.4) is 0 Å². The van der Waals surface area contributed by atoms with Gasteiger partial charge >= 0.3 is 0 Å². The van der Waals surface area contributed by atoms with Gasteiger partial charge in [-0.3, -0.25) is 10.1 Å². The minimum absolute atomic E-state index is 0.0463. The first kappa shape index (κ1) is 7.46. The van der Waals surface area contributed by atoms with E-state index in [0.29, 0.717) is 0 Å². The molecule has 11 heavy (non-hydrogen) atoms. The van der Waals surface area contributed by atoms with Crippen LogP contribution in [0.2, 0.25) is 0 Å². The van der Waals surface area contributed by atoms with Gasteiger partial charge in [0.15, 0.2) is 0 Å². The number of carbonyl (C=O) groups is 1. The Balaban J connectivity index is 2.79. The molecular weight excluding hydrogens is 146 g/mol. The van der Waals surface area contributed by atoms with Crippen LogP contribution in [-0.4, -0.2) is 21.0 Å². The lowest BCUT2D eigenvalue weighted by atomic mass is 10.6. The molecule has 2 N–H and O–H groups in total. The molecular formula is C6H6N3O2. The highest BCUT2D eigenvalue weighted by molar-refractivity contribution is 5.92. The first-order valence-corrected chi connectivity index (χ1v) is 2.83. The van der Waals surface area contributed by atoms with E-state index in [1.54, 1.807) is 0 Å². The Kier molecular flexibility index (Phi) is 2.00. The fourth-order valence-corrected chi connectivity index (χ4v) is 0.534. The van der Waals surface area contributed by atoms with Gasteiger partial charge in [0.25, 0.3) is 0 Å². The van der Waals surface area contributed by atoms with Gasteiger partial charge in [-0.25, -0.2) is 4.98 Å². The summed E-state index contributed by atoms with van der Waals surface area (Å²) in [5, 5.41) is 11.0. The summed E-state index contributed by atoms with van der Waals surface area (Å²) < 4.78 is 0. The van der Waals surface area contributed by atoms with Crippen molar-refractivity contribution in [1.82, 2.24) is 9.97 Å². The van der Waals surface area contributed by atoms with Crippen molar-refractivity contribution >= 4 is 11.9 Å². The van der Waals surface area contributed by atoms with Crippen molar-refractivity contribution in [3.8, 4) is 5.88 Å². The van der Waals surface area contributed by atoms with Gasteiger partial charge in [-0.15, -0.1) is 0 Å². The van der Waals surface area contributed by atoms with Gasteiger partial charge in [-0.2, -0.15) is 4.98 Å². The van der Waals surface area contributed by atoms with Crippen LogP contribution in [-0.2, 0) is 4.79 Å². The summed E-state index contributed by atoms with van der Waals surface area (Å²) in [6, 6.07) is 1.30. The number of nitrogens with zero attached hydrogens (tertiary/aromatic N) is 2. The molecule has 1 radical (unpaired) electrons. The number of amides is 1. The molecule has 1 amide bonds. The van der Waals surface area contributed by atoms with Crippen LogP contribution in [0, 0.1) is 6.92 Å². The van der Waals surface area contributed by atoms with E-state index in [1.807, 2.05) is 0 Å². The Hall–Kier alpha value is -1.65. The molecule has 5 heteroatoms. The number of hydrogen-bond acceptors (Lipinski definition) is 4. The van der Waals surface area contributed by atoms with Crippen LogP contribution in [0.1, 0.15) is 0 Å². The van der Waals surface area contributed by atoms with Gasteiger partial charge in [0.1, 0.15) is 0 Å². The van der Waals surface area contributed by atoms with Crippen molar-refractivity contribution < 1.29 is 9.90 Å². The average molecular weight is 152 g/mol. The molecule has 0 saturated heterocycles. The van der Waals surface area contributed by atoms with Crippen LogP contribution in [0.4, 0.5) is 5.95 Å². The lowest BCUT2D eigenvalue weighted by molar-refractivity contribution is -0.112. The zero-order chi connectivity index (χ0) is 8.27. The summed E-state index contributed by atoms with van der Waals surface area (Å²) in [6.45, 7) is 3.05. The highest BCUT2D eigenvalue weighted by Crippen LogP contribution is 2.04. The molecule has 0 saturated carbocycles. The minimum Gasteiger partial charge on any atom is -0.493 e. The molecule has 1 rings (SSSR count). The normalized spacial score (nSPS) is 9.18. The van der Waals surface area contributed by atoms with Crippen molar-refractivity contribution in [2.75, 3.05) is 5.32 Å². The van der Waals surface area contributed by atoms with Crippen molar-refractivity contribution in [3.05, 3.63) is 19.2 Å². The predicted octanol–water partition coefficient (Wildman–Crippen LogP) is -0.0452. The second kappa shape index (κ2) is 2.96. The lowest BCUT2D eigenvalue weighted by Crippen LogP contribution is -2.08. The third kappa shape index (κ3) is 2.21. The molecule has 1 aromatic heterocycles. The number of hydrogen-bond donors (Lipinski definition) is 2. The van der Waals surface area contributed by atoms with Crippen LogP contribution in [0.5, 0.6) is 5.88 Å². The molecule has 0 aliphatic rings. The second-order valence-electron chi connectivity index (χ2n) is 1.79. The summed E-state index contributed by atoms with van der Waals surface area (Å²) in [7, 11) is 0. The molecule has 0 bridgehead atoms. The molecule has 0 fully saturated rings. The maximum Gasteiger partial charge on any atom is 0.232 e. The Morgan fingerprint density at radius 2 is 2.45 bits per heavy atom. The Morgan fingerprint density at radius 1 is 1.73 bits per heavy atom. The van der Waals surface area contributed by atoms with Crippen molar-refractivity contribution in [3.63, 3.8) is 0 Å². The largest absolute Gasteiger partial charge is 0.493 e. The van der Waals surface area contributed by atoms with Crippen molar-refractivity contribution in [1.29, 1.82) is 0 Å². The molecule has 0 atom stereocenters. The highest BCUT2D eigenvalue weighted by Gasteiger charge is 1.97. The predicted molar refractivity (Wildman–Crippen MR) is 37.7 cm³/mol. The molecule has 0 unspecified atom stereocenters. The number of aromatic hydroxyl groups is 1. The van der Waals surface area contributed by atoms with Crippen LogP contribution < -0.4 is 5.32 Å². The highest BCUT2D eigenvalue weighted by atomic mass is 16.3. The van der Waals surface area contributed by atoms with Crippen molar-refractivity contribution in [2.24, 2.45) is 0 Å². The molecule has 57 valence electrons. The zero-order valence-electron chi connectivity index (χ0n) is 5.61. The van der Waals surface area contributed by atoms with Gasteiger partial charge < -0.3 is 5.11 Å². The van der Waals surface area contributed by atoms with E-state index in [2.05, 4.69) is 22.2 Å². The van der Waals surface area contributed by atoms with Gasteiger partial charge in [0.05, 0.1) is 0 Å². The molecule has 1 aromatic rings. The fourth-order valence-electron chi connectivity index (χ4n) is 0.534. The van der Waals surface area contributed by atoms with E-state index in [0.717, 1.165) is 0 Å². The number of aromatic nitrogens is 2. The minimum atomic E-state index is -0.518. The van der Waals surface area contributed by atoms with E-state index in [-0.39, 0.29) is 11.8 Å². The zero-order valence-corrected chi connectivity index (χ0v) is 5.61. The molecule has 0 aromatic carbocycles. The maximum atomic E-state index is 10.3. The summed E-state index contributed by atoms with van der Waals surface area (Å²) >= 11 is 0. The summed E-state index contributed by atoms with van der Waals surface area (Å²) in [5.41, 5.74) is 0. The summed E-state index contributed by atoms with van der Waals surface area (Å²) in [5.74, 6) is -0.663. The Bertz CT molecular complexity index is 274. The average Bonchev–Trinajstić information content (AvgIpc) is 1.85. The lowest BCUT2D eigenvalue weighted by Gasteiger charge is -1.97. The van der Waals surface area contributed by atoms with E-state index in [9.17, 15) is 4.79 Å². The third-order valence-corrected chi connectivity index (χ3v) is 0.892. The first-order valence-electron chi connectivity index (χ1n) is 2.83. The quantitative estimate of drug-likeness (QED) is 0.591. The molecule has 0 aliphatic carbocycles. The summed E-state index contributed by atoms with van der Waals surface area (Å²) in [4.78, 5) is 17.5. The number of carbonyl (C=O) groups excluding carboxylic acids is 1. The number of anilines is 1. The van der Waals surface area contributed by atoms with Crippen LogP contribution in [0.15, 0.2) is 12.3 Å². The standard InChI is InChI=1S/C6H6N3O2/c1-4(10)8-6-7-3-2-5(11)9-6/h2-3H,1H2,(H2,7,8,9,10,11). The number of rotatable bonds is 1. The molecule has 0 aliphatic heterocycles. The Morgan fingerprint density at radius 3 is 3.00 bits per heavy atom. The Labute approximate surface area is 63.1 Å². The van der Waals surface area contributed by atoms with Crippen LogP contribution in [0.25, 0.3) is 0 Å².